The van der Waals surface area contributed by atoms with Gasteiger partial charge in [0.2, 0.25) is 0 Å². The zero-order chi connectivity index (χ0) is 13.9. The molecule has 0 aliphatic carbocycles. The summed E-state index contributed by atoms with van der Waals surface area (Å²) in [7, 11) is 3.17. The van der Waals surface area contributed by atoms with Crippen LogP contribution in [0.15, 0.2) is 18.2 Å². The largest absolute Gasteiger partial charge is 0.497 e. The minimum Gasteiger partial charge on any atom is -0.497 e. The number of rotatable bonds is 5. The van der Waals surface area contributed by atoms with Crippen LogP contribution in [0.2, 0.25) is 0 Å². The lowest BCUT2D eigenvalue weighted by Crippen LogP contribution is -2.47. The first-order valence-electron chi connectivity index (χ1n) is 6.08. The molecule has 0 fully saturated rings. The molecule has 0 aliphatic rings. The Morgan fingerprint density at radius 2 is 1.78 bits per heavy atom. The van der Waals surface area contributed by atoms with Gasteiger partial charge < -0.3 is 20.3 Å². The quantitative estimate of drug-likeness (QED) is 0.841. The molecule has 0 aliphatic heterocycles. The zero-order valence-corrected chi connectivity index (χ0v) is 11.7. The van der Waals surface area contributed by atoms with E-state index in [0.717, 1.165) is 0 Å². The molecule has 2 unspecified atom stereocenters. The highest BCUT2D eigenvalue weighted by molar-refractivity contribution is 5.44. The van der Waals surface area contributed by atoms with Crippen molar-refractivity contribution in [3.8, 4) is 11.5 Å². The van der Waals surface area contributed by atoms with Gasteiger partial charge in [-0.15, -0.1) is 0 Å². The molecule has 0 radical (unpaired) electrons. The molecule has 0 bridgehead atoms. The van der Waals surface area contributed by atoms with Crippen LogP contribution in [0.1, 0.15) is 26.3 Å². The van der Waals surface area contributed by atoms with E-state index in [-0.39, 0.29) is 5.92 Å². The van der Waals surface area contributed by atoms with E-state index in [1.165, 1.54) is 0 Å². The first-order valence-corrected chi connectivity index (χ1v) is 6.08. The molecule has 0 saturated heterocycles. The highest BCUT2D eigenvalue weighted by Gasteiger charge is 2.39. The maximum atomic E-state index is 10.9. The Hall–Kier alpha value is -1.26. The van der Waals surface area contributed by atoms with E-state index < -0.39 is 11.6 Å². The molecule has 0 amide bonds. The molecule has 1 aromatic carbocycles. The van der Waals surface area contributed by atoms with Crippen molar-refractivity contribution in [3.05, 3.63) is 23.8 Å². The summed E-state index contributed by atoms with van der Waals surface area (Å²) in [6.07, 6.45) is 0. The van der Waals surface area contributed by atoms with Crippen LogP contribution in [0, 0.1) is 5.92 Å². The number of methoxy groups -OCH3 is 2. The highest BCUT2D eigenvalue weighted by atomic mass is 16.5. The Kier molecular flexibility index (Phi) is 4.59. The molecule has 1 rings (SSSR count). The van der Waals surface area contributed by atoms with Crippen LogP contribution in [0.25, 0.3) is 0 Å². The molecule has 4 heteroatoms. The summed E-state index contributed by atoms with van der Waals surface area (Å²) in [6.45, 7) is 5.66. The summed E-state index contributed by atoms with van der Waals surface area (Å²) in [4.78, 5) is 0. The minimum atomic E-state index is -1.15. The number of nitrogens with two attached hydrogens (primary N) is 1. The second kappa shape index (κ2) is 5.59. The Labute approximate surface area is 109 Å². The molecule has 0 spiro atoms. The van der Waals surface area contributed by atoms with Crippen LogP contribution in [-0.4, -0.2) is 25.4 Å². The van der Waals surface area contributed by atoms with E-state index >= 15 is 0 Å². The second-order valence-electron chi connectivity index (χ2n) is 4.83. The third kappa shape index (κ3) is 2.44. The maximum Gasteiger partial charge on any atom is 0.125 e. The van der Waals surface area contributed by atoms with Gasteiger partial charge in [0.15, 0.2) is 0 Å². The standard InChI is InChI=1S/C14H23NO3/c1-9(2)14(16,10(3)15)12-8-11(17-4)6-7-13(12)18-5/h6-10,16H,15H2,1-5H3. The lowest BCUT2D eigenvalue weighted by atomic mass is 9.78. The predicted octanol–water partition coefficient (Wildman–Crippen LogP) is 1.89. The molecular formula is C14H23NO3. The average Bonchev–Trinajstić information content (AvgIpc) is 2.36. The molecule has 0 heterocycles. The van der Waals surface area contributed by atoms with Gasteiger partial charge in [-0.05, 0) is 31.0 Å². The summed E-state index contributed by atoms with van der Waals surface area (Å²) in [6, 6.07) is 4.94. The maximum absolute atomic E-state index is 10.9. The molecule has 18 heavy (non-hydrogen) atoms. The Balaban J connectivity index is 3.43. The summed E-state index contributed by atoms with van der Waals surface area (Å²) in [5, 5.41) is 10.9. The Bertz CT molecular complexity index is 394. The van der Waals surface area contributed by atoms with Crippen molar-refractivity contribution < 1.29 is 14.6 Å². The predicted molar refractivity (Wildman–Crippen MR) is 71.9 cm³/mol. The molecule has 1 aromatic rings. The van der Waals surface area contributed by atoms with Crippen LogP contribution in [0.3, 0.4) is 0 Å². The van der Waals surface area contributed by atoms with Gasteiger partial charge in [0.25, 0.3) is 0 Å². The third-order valence-electron chi connectivity index (χ3n) is 3.41. The van der Waals surface area contributed by atoms with Gasteiger partial charge in [-0.3, -0.25) is 0 Å². The second-order valence-corrected chi connectivity index (χ2v) is 4.83. The van der Waals surface area contributed by atoms with E-state index in [0.29, 0.717) is 17.1 Å². The number of hydrogen-bond acceptors (Lipinski definition) is 4. The van der Waals surface area contributed by atoms with Crippen molar-refractivity contribution >= 4 is 0 Å². The smallest absolute Gasteiger partial charge is 0.125 e. The fraction of sp³-hybridized carbons (Fsp3) is 0.571. The summed E-state index contributed by atoms with van der Waals surface area (Å²) >= 11 is 0. The van der Waals surface area contributed by atoms with Crippen molar-refractivity contribution in [3.63, 3.8) is 0 Å². The van der Waals surface area contributed by atoms with Gasteiger partial charge in [-0.2, -0.15) is 0 Å². The molecule has 4 nitrogen and oxygen atoms in total. The van der Waals surface area contributed by atoms with Gasteiger partial charge in [-0.25, -0.2) is 0 Å². The van der Waals surface area contributed by atoms with Crippen LogP contribution in [0.5, 0.6) is 11.5 Å². The Morgan fingerprint density at radius 3 is 2.17 bits per heavy atom. The zero-order valence-electron chi connectivity index (χ0n) is 11.7. The average molecular weight is 253 g/mol. The van der Waals surface area contributed by atoms with Gasteiger partial charge in [0, 0.05) is 11.6 Å². The molecule has 0 aromatic heterocycles. The first kappa shape index (κ1) is 14.8. The van der Waals surface area contributed by atoms with E-state index in [1.807, 2.05) is 13.8 Å². The Morgan fingerprint density at radius 1 is 1.17 bits per heavy atom. The number of benzene rings is 1. The van der Waals surface area contributed by atoms with Crippen molar-refractivity contribution in [1.29, 1.82) is 0 Å². The molecule has 0 saturated carbocycles. The van der Waals surface area contributed by atoms with E-state index in [1.54, 1.807) is 39.3 Å². The normalized spacial score (nSPS) is 16.2. The summed E-state index contributed by atoms with van der Waals surface area (Å²) < 4.78 is 10.5. The third-order valence-corrected chi connectivity index (χ3v) is 3.41. The SMILES string of the molecule is COc1ccc(OC)c(C(O)(C(C)C)C(C)N)c1. The molecular weight excluding hydrogens is 230 g/mol. The topological polar surface area (TPSA) is 64.7 Å². The molecule has 3 N–H and O–H groups in total. The van der Waals surface area contributed by atoms with Crippen LogP contribution >= 0.6 is 0 Å². The van der Waals surface area contributed by atoms with Crippen molar-refractivity contribution in [2.45, 2.75) is 32.4 Å². The van der Waals surface area contributed by atoms with Crippen molar-refractivity contribution in [2.75, 3.05) is 14.2 Å². The molecule has 102 valence electrons. The summed E-state index contributed by atoms with van der Waals surface area (Å²) in [5.41, 5.74) is 5.48. The fourth-order valence-corrected chi connectivity index (χ4v) is 2.21. The van der Waals surface area contributed by atoms with E-state index in [2.05, 4.69) is 0 Å². The lowest BCUT2D eigenvalue weighted by Gasteiger charge is -2.37. The van der Waals surface area contributed by atoms with Crippen LogP contribution < -0.4 is 15.2 Å². The number of aliphatic hydroxyl groups is 1. The van der Waals surface area contributed by atoms with E-state index in [9.17, 15) is 5.11 Å². The van der Waals surface area contributed by atoms with Gasteiger partial charge >= 0.3 is 0 Å². The van der Waals surface area contributed by atoms with E-state index in [4.69, 9.17) is 15.2 Å². The van der Waals surface area contributed by atoms with Gasteiger partial charge in [0.1, 0.15) is 17.1 Å². The van der Waals surface area contributed by atoms with Crippen molar-refractivity contribution in [1.82, 2.24) is 0 Å². The van der Waals surface area contributed by atoms with Crippen LogP contribution in [-0.2, 0) is 5.60 Å². The summed E-state index contributed by atoms with van der Waals surface area (Å²) in [5.74, 6) is 1.24. The monoisotopic (exact) mass is 253 g/mol. The van der Waals surface area contributed by atoms with Gasteiger partial charge in [0.05, 0.1) is 14.2 Å². The van der Waals surface area contributed by atoms with Crippen molar-refractivity contribution in [2.24, 2.45) is 11.7 Å². The van der Waals surface area contributed by atoms with Gasteiger partial charge in [-0.1, -0.05) is 13.8 Å². The fourth-order valence-electron chi connectivity index (χ4n) is 2.21. The highest BCUT2D eigenvalue weighted by Crippen LogP contribution is 2.39. The lowest BCUT2D eigenvalue weighted by molar-refractivity contribution is -0.0314. The number of hydrogen-bond donors (Lipinski definition) is 2. The first-order chi connectivity index (χ1) is 8.37. The number of ether oxygens (including phenoxy) is 2. The minimum absolute atomic E-state index is 0.0430. The molecule has 2 atom stereocenters. The van der Waals surface area contributed by atoms with Crippen LogP contribution in [0.4, 0.5) is 0 Å².